The number of carbonyl (C=O) groups is 4. The third kappa shape index (κ3) is 10.7. The van der Waals surface area contributed by atoms with Gasteiger partial charge in [0.2, 0.25) is 0 Å². The Morgan fingerprint density at radius 1 is 0.719 bits per heavy atom. The number of carboxylic acids is 2. The molecule has 2 rings (SSSR count). The number of carboxylic acid groups (broad SMARTS) is 2. The van der Waals surface area contributed by atoms with E-state index in [2.05, 4.69) is 2.85 Å². The summed E-state index contributed by atoms with van der Waals surface area (Å²) in [4.78, 5) is 44.4. The second-order valence-corrected chi connectivity index (χ2v) is 7.43. The van der Waals surface area contributed by atoms with Crippen molar-refractivity contribution in [1.82, 2.24) is 0 Å². The van der Waals surface area contributed by atoms with Gasteiger partial charge in [-0.3, -0.25) is 9.59 Å². The zero-order chi connectivity index (χ0) is 24.5. The molecule has 0 aliphatic heterocycles. The van der Waals surface area contributed by atoms with Gasteiger partial charge in [0.25, 0.3) is 0 Å². The van der Waals surface area contributed by atoms with Gasteiger partial charge in [0.15, 0.2) is 11.6 Å². The molecule has 0 N–H and O–H groups in total. The summed E-state index contributed by atoms with van der Waals surface area (Å²) in [7, 11) is 0. The molecule has 0 bridgehead atoms. The quantitative estimate of drug-likeness (QED) is 0.347. The summed E-state index contributed by atoms with van der Waals surface area (Å²) in [6, 6.07) is 16.8. The van der Waals surface area contributed by atoms with Crippen molar-refractivity contribution in [2.24, 2.45) is 11.8 Å². The van der Waals surface area contributed by atoms with Crippen LogP contribution in [-0.2, 0) is 12.4 Å². The first kappa shape index (κ1) is 29.6. The first-order valence-corrected chi connectivity index (χ1v) is 11.5. The maximum atomic E-state index is 11.6. The summed E-state index contributed by atoms with van der Waals surface area (Å²) >= 11 is 0.940. The predicted octanol–water partition coefficient (Wildman–Crippen LogP) is 1.40. The van der Waals surface area contributed by atoms with E-state index in [1.807, 2.05) is 6.92 Å². The van der Waals surface area contributed by atoms with E-state index in [1.165, 1.54) is 0 Å². The summed E-state index contributed by atoms with van der Waals surface area (Å²) in [6.45, 7) is 6.18. The summed E-state index contributed by atoms with van der Waals surface area (Å²) < 4.78 is 4.67. The Balaban J connectivity index is 0.000000515. The molecule has 0 aromatic heterocycles. The molecular weight excluding hydrogens is 515 g/mol. The normalized spacial score (nSPS) is 11.5. The molecule has 32 heavy (non-hydrogen) atoms. The van der Waals surface area contributed by atoms with Gasteiger partial charge in [-0.2, -0.15) is 0 Å². The molecule has 8 heteroatoms. The zero-order valence-electron chi connectivity index (χ0n) is 18.5. The molecule has 168 valence electrons. The third-order valence-electron chi connectivity index (χ3n) is 4.30. The first-order chi connectivity index (χ1) is 15.2. The van der Waals surface area contributed by atoms with Crippen LogP contribution >= 0.6 is 0 Å². The molecule has 0 spiro atoms. The second-order valence-electron chi connectivity index (χ2n) is 6.48. The molecule has 0 heterocycles. The molecule has 7 nitrogen and oxygen atoms in total. The topological polar surface area (TPSA) is 124 Å². The van der Waals surface area contributed by atoms with Gasteiger partial charge < -0.3 is 19.8 Å². The van der Waals surface area contributed by atoms with Gasteiger partial charge >= 0.3 is 41.2 Å². The first-order valence-electron chi connectivity index (χ1n) is 10.2. The Labute approximate surface area is 204 Å². The fraction of sp³-hybridized carbons (Fsp3) is 0.333. The van der Waals surface area contributed by atoms with Crippen LogP contribution in [0, 0.1) is 11.8 Å². The Hall–Kier alpha value is -2.45. The van der Waals surface area contributed by atoms with E-state index in [9.17, 15) is 29.4 Å². The van der Waals surface area contributed by atoms with Crippen molar-refractivity contribution in [3.8, 4) is 0 Å². The molecule has 2 unspecified atom stereocenters. The van der Waals surface area contributed by atoms with Crippen LogP contribution in [0.4, 0.5) is 0 Å². The van der Waals surface area contributed by atoms with Crippen molar-refractivity contribution in [3.05, 3.63) is 71.8 Å². The van der Waals surface area contributed by atoms with Gasteiger partial charge in [0.05, 0.1) is 23.8 Å². The van der Waals surface area contributed by atoms with Crippen molar-refractivity contribution in [1.29, 1.82) is 0 Å². The molecule has 0 amide bonds. The number of aliphatic carboxylic acids is 2. The van der Waals surface area contributed by atoms with E-state index in [-0.39, 0.29) is 24.4 Å². The van der Waals surface area contributed by atoms with Gasteiger partial charge in [0.1, 0.15) is 0 Å². The van der Waals surface area contributed by atoms with Crippen LogP contribution in [0.3, 0.4) is 0 Å². The van der Waals surface area contributed by atoms with Crippen LogP contribution in [0.1, 0.15) is 54.3 Å². The van der Waals surface area contributed by atoms with Crippen LogP contribution in [0.25, 0.3) is 0 Å². The average Bonchev–Trinajstić information content (AvgIpc) is 2.81. The molecule has 2 aromatic rings. The van der Waals surface area contributed by atoms with Gasteiger partial charge in [-0.05, 0) is 12.8 Å². The number of hydrogen-bond acceptors (Lipinski definition) is 7. The molecule has 0 radical (unpaired) electrons. The third-order valence-corrected chi connectivity index (χ3v) is 5.25. The summed E-state index contributed by atoms with van der Waals surface area (Å²) in [5.74, 6) is -5.43. The Morgan fingerprint density at radius 2 is 1.00 bits per heavy atom. The van der Waals surface area contributed by atoms with Crippen molar-refractivity contribution < 1.29 is 32.2 Å². The van der Waals surface area contributed by atoms with Crippen LogP contribution in [0.5, 0.6) is 0 Å². The second kappa shape index (κ2) is 17.1. The van der Waals surface area contributed by atoms with E-state index in [0.717, 1.165) is 31.4 Å². The SMILES string of the molecule is CCC(C(=O)[O-])C(=O)c1ccccc1.CCC(C(=O)[O-])C(=O)c1ccccc1.CC[O][In+2]. The molecule has 0 saturated heterocycles. The fourth-order valence-electron chi connectivity index (χ4n) is 2.53. The number of carbonyl (C=O) groups excluding carboxylic acids is 4. The maximum absolute atomic E-state index is 11.6. The molecule has 2 atom stereocenters. The number of ketones is 2. The molecular formula is C24H27InO7. The zero-order valence-corrected chi connectivity index (χ0v) is 21.8. The van der Waals surface area contributed by atoms with E-state index in [4.69, 9.17) is 0 Å². The minimum atomic E-state index is -1.30. The van der Waals surface area contributed by atoms with E-state index >= 15 is 0 Å². The van der Waals surface area contributed by atoms with Crippen molar-refractivity contribution in [2.45, 2.75) is 33.6 Å². The van der Waals surface area contributed by atoms with Crippen molar-refractivity contribution in [3.63, 3.8) is 0 Å². The fourth-order valence-corrected chi connectivity index (χ4v) is 2.53. The summed E-state index contributed by atoms with van der Waals surface area (Å²) in [5, 5.41) is 21.2. The molecule has 0 fully saturated rings. The van der Waals surface area contributed by atoms with Crippen LogP contribution < -0.4 is 10.2 Å². The standard InChI is InChI=1S/2C11H12O3.C2H5O.In/c2*1-2-9(11(13)14)10(12)8-6-4-3-5-7-8;1-2-3;/h2*3-7,9H,2H2,1H3,(H,13,14);2H2,1H3;/q;;-1;+3/p-2. The van der Waals surface area contributed by atoms with E-state index < -0.39 is 23.8 Å². The van der Waals surface area contributed by atoms with Gasteiger partial charge in [-0.15, -0.1) is 0 Å². The number of rotatable bonds is 9. The Morgan fingerprint density at radius 3 is 1.19 bits per heavy atom. The molecule has 0 aliphatic rings. The summed E-state index contributed by atoms with van der Waals surface area (Å²) in [5.41, 5.74) is 0.840. The van der Waals surface area contributed by atoms with Crippen LogP contribution in [0.15, 0.2) is 60.7 Å². The number of Topliss-reactive ketones (excluding diaryl/α,β-unsaturated/α-hetero) is 2. The Bertz CT molecular complexity index is 766. The van der Waals surface area contributed by atoms with Gasteiger partial charge in [0, 0.05) is 11.1 Å². The molecule has 0 aliphatic carbocycles. The summed E-state index contributed by atoms with van der Waals surface area (Å²) in [6.07, 6.45) is 0.520. The molecule has 0 saturated carbocycles. The van der Waals surface area contributed by atoms with Crippen LogP contribution in [0.2, 0.25) is 0 Å². The van der Waals surface area contributed by atoms with Gasteiger partial charge in [-0.25, -0.2) is 0 Å². The Kier molecular flexibility index (Phi) is 15.8. The molecule has 2 aromatic carbocycles. The van der Waals surface area contributed by atoms with Crippen molar-refractivity contribution in [2.75, 3.05) is 6.61 Å². The van der Waals surface area contributed by atoms with Gasteiger partial charge in [-0.1, -0.05) is 74.5 Å². The van der Waals surface area contributed by atoms with E-state index in [0.29, 0.717) is 11.1 Å². The van der Waals surface area contributed by atoms with Crippen LogP contribution in [-0.4, -0.2) is 54.9 Å². The van der Waals surface area contributed by atoms with Crippen molar-refractivity contribution >= 4 is 48.3 Å². The average molecular weight is 542 g/mol. The van der Waals surface area contributed by atoms with E-state index in [1.54, 1.807) is 74.5 Å². The number of benzene rings is 2. The minimum absolute atomic E-state index is 0.260. The number of hydrogen-bond donors (Lipinski definition) is 0. The monoisotopic (exact) mass is 542 g/mol. The predicted molar refractivity (Wildman–Crippen MR) is 117 cm³/mol.